The lowest BCUT2D eigenvalue weighted by Crippen LogP contribution is -2.43. The molecule has 5 heteroatoms. The Labute approximate surface area is 118 Å². The van der Waals surface area contributed by atoms with Crippen molar-refractivity contribution in [2.45, 2.75) is 45.3 Å². The molecule has 0 unspecified atom stereocenters. The van der Waals surface area contributed by atoms with E-state index >= 15 is 0 Å². The summed E-state index contributed by atoms with van der Waals surface area (Å²) in [5, 5.41) is 0. The van der Waals surface area contributed by atoms with E-state index in [1.165, 1.54) is 0 Å². The van der Waals surface area contributed by atoms with E-state index in [1.54, 1.807) is 0 Å². The van der Waals surface area contributed by atoms with Gasteiger partial charge in [0.05, 0.1) is 11.8 Å². The molecule has 1 fully saturated rings. The van der Waals surface area contributed by atoms with Crippen molar-refractivity contribution >= 4 is 0 Å². The number of ether oxygens (including phenoxy) is 1. The van der Waals surface area contributed by atoms with Crippen molar-refractivity contribution in [3.05, 3.63) is 23.5 Å². The summed E-state index contributed by atoms with van der Waals surface area (Å²) >= 11 is 0. The quantitative estimate of drug-likeness (QED) is 0.830. The third-order valence-electron chi connectivity index (χ3n) is 3.64. The molecule has 0 N–H and O–H groups in total. The summed E-state index contributed by atoms with van der Waals surface area (Å²) in [6.07, 6.45) is -0.354. The summed E-state index contributed by atoms with van der Waals surface area (Å²) in [4.78, 5) is 6.49. The number of hydrogen-bond donors (Lipinski definition) is 0. The number of hydrogen-bond acceptors (Lipinski definition) is 3. The maximum absolute atomic E-state index is 12.9. The minimum atomic E-state index is -2.50. The van der Waals surface area contributed by atoms with Crippen LogP contribution in [0.1, 0.15) is 31.2 Å². The highest BCUT2D eigenvalue weighted by molar-refractivity contribution is 5.29. The molecule has 112 valence electrons. The van der Waals surface area contributed by atoms with Gasteiger partial charge in [0.1, 0.15) is 5.75 Å². The van der Waals surface area contributed by atoms with Crippen LogP contribution in [-0.4, -0.2) is 36.0 Å². The lowest BCUT2D eigenvalue weighted by Gasteiger charge is -2.38. The van der Waals surface area contributed by atoms with Gasteiger partial charge in [-0.2, -0.15) is 0 Å². The monoisotopic (exact) mass is 284 g/mol. The molecular weight excluding hydrogens is 262 g/mol. The zero-order chi connectivity index (χ0) is 14.9. The summed E-state index contributed by atoms with van der Waals surface area (Å²) in [6.45, 7) is 4.46. The second-order valence-corrected chi connectivity index (χ2v) is 5.98. The average molecular weight is 284 g/mol. The molecule has 0 spiro atoms. The van der Waals surface area contributed by atoms with Crippen molar-refractivity contribution in [2.75, 3.05) is 14.1 Å². The van der Waals surface area contributed by atoms with Crippen LogP contribution in [0, 0.1) is 12.8 Å². The lowest BCUT2D eigenvalue weighted by molar-refractivity contribution is -0.133. The SMILES string of the molecule is Cc1ccc(O[C@H](C)C2CC(F)(F)C2)c(CN(C)C)n1. The van der Waals surface area contributed by atoms with E-state index in [-0.39, 0.29) is 24.9 Å². The molecule has 20 heavy (non-hydrogen) atoms. The van der Waals surface area contributed by atoms with Gasteiger partial charge in [-0.3, -0.25) is 4.98 Å². The zero-order valence-corrected chi connectivity index (χ0v) is 12.5. The van der Waals surface area contributed by atoms with Crippen LogP contribution < -0.4 is 4.74 Å². The van der Waals surface area contributed by atoms with E-state index in [0.717, 1.165) is 11.4 Å². The van der Waals surface area contributed by atoms with E-state index in [1.807, 2.05) is 45.0 Å². The van der Waals surface area contributed by atoms with Gasteiger partial charge in [0.15, 0.2) is 0 Å². The predicted octanol–water partition coefficient (Wildman–Crippen LogP) is 3.26. The third-order valence-corrected chi connectivity index (χ3v) is 3.64. The molecular formula is C15H22F2N2O. The number of pyridine rings is 1. The van der Waals surface area contributed by atoms with E-state index < -0.39 is 5.92 Å². The first-order valence-corrected chi connectivity index (χ1v) is 6.92. The predicted molar refractivity (Wildman–Crippen MR) is 74.1 cm³/mol. The fourth-order valence-electron chi connectivity index (χ4n) is 2.45. The minimum Gasteiger partial charge on any atom is -0.488 e. The minimum absolute atomic E-state index is 0.0708. The van der Waals surface area contributed by atoms with E-state index in [9.17, 15) is 8.78 Å². The molecule has 2 rings (SSSR count). The maximum Gasteiger partial charge on any atom is 0.249 e. The van der Waals surface area contributed by atoms with Crippen molar-refractivity contribution in [1.29, 1.82) is 0 Å². The molecule has 1 aromatic rings. The van der Waals surface area contributed by atoms with Crippen LogP contribution >= 0.6 is 0 Å². The van der Waals surface area contributed by atoms with Gasteiger partial charge in [0, 0.05) is 31.0 Å². The summed E-state index contributed by atoms with van der Waals surface area (Å²) in [7, 11) is 3.92. The van der Waals surface area contributed by atoms with Crippen LogP contribution in [-0.2, 0) is 6.54 Å². The Morgan fingerprint density at radius 3 is 2.60 bits per heavy atom. The highest BCUT2D eigenvalue weighted by Crippen LogP contribution is 2.44. The van der Waals surface area contributed by atoms with Gasteiger partial charge in [0.2, 0.25) is 5.92 Å². The molecule has 1 atom stereocenters. The molecule has 0 radical (unpaired) electrons. The summed E-state index contributed by atoms with van der Waals surface area (Å²) < 4.78 is 31.7. The molecule has 1 saturated carbocycles. The Bertz CT molecular complexity index is 469. The Morgan fingerprint density at radius 2 is 2.05 bits per heavy atom. The van der Waals surface area contributed by atoms with Crippen LogP contribution in [0.5, 0.6) is 5.75 Å². The van der Waals surface area contributed by atoms with Crippen LogP contribution in [0.25, 0.3) is 0 Å². The molecule has 0 aromatic carbocycles. The Hall–Kier alpha value is -1.23. The number of nitrogens with zero attached hydrogens (tertiary/aromatic N) is 2. The average Bonchev–Trinajstić information content (AvgIpc) is 2.28. The number of halogens is 2. The summed E-state index contributed by atoms with van der Waals surface area (Å²) in [5.41, 5.74) is 1.78. The molecule has 1 heterocycles. The van der Waals surface area contributed by atoms with Crippen molar-refractivity contribution in [2.24, 2.45) is 5.92 Å². The Kier molecular flexibility index (Phi) is 4.28. The molecule has 3 nitrogen and oxygen atoms in total. The molecule has 0 bridgehead atoms. The molecule has 0 aliphatic heterocycles. The second-order valence-electron chi connectivity index (χ2n) is 5.98. The largest absolute Gasteiger partial charge is 0.488 e. The van der Waals surface area contributed by atoms with Gasteiger partial charge in [-0.1, -0.05) is 0 Å². The lowest BCUT2D eigenvalue weighted by atomic mass is 9.78. The summed E-state index contributed by atoms with van der Waals surface area (Å²) in [6, 6.07) is 3.77. The highest BCUT2D eigenvalue weighted by atomic mass is 19.3. The number of rotatable bonds is 5. The zero-order valence-electron chi connectivity index (χ0n) is 12.5. The molecule has 1 aromatic heterocycles. The van der Waals surface area contributed by atoms with E-state index in [0.29, 0.717) is 12.3 Å². The first-order chi connectivity index (χ1) is 9.27. The first kappa shape index (κ1) is 15.2. The van der Waals surface area contributed by atoms with Gasteiger partial charge >= 0.3 is 0 Å². The smallest absolute Gasteiger partial charge is 0.249 e. The first-order valence-electron chi connectivity index (χ1n) is 6.92. The van der Waals surface area contributed by atoms with Gasteiger partial charge in [-0.15, -0.1) is 0 Å². The fourth-order valence-corrected chi connectivity index (χ4v) is 2.45. The fraction of sp³-hybridized carbons (Fsp3) is 0.667. The van der Waals surface area contributed by atoms with Crippen LogP contribution in [0.3, 0.4) is 0 Å². The molecule has 0 saturated heterocycles. The van der Waals surface area contributed by atoms with E-state index in [2.05, 4.69) is 4.98 Å². The van der Waals surface area contributed by atoms with Crippen LogP contribution in [0.4, 0.5) is 8.78 Å². The van der Waals surface area contributed by atoms with Crippen LogP contribution in [0.15, 0.2) is 12.1 Å². The topological polar surface area (TPSA) is 25.4 Å². The highest BCUT2D eigenvalue weighted by Gasteiger charge is 2.48. The van der Waals surface area contributed by atoms with Gasteiger partial charge in [0.25, 0.3) is 0 Å². The van der Waals surface area contributed by atoms with Gasteiger partial charge in [-0.25, -0.2) is 8.78 Å². The molecule has 1 aliphatic rings. The molecule has 0 amide bonds. The number of aromatic nitrogens is 1. The number of aryl methyl sites for hydroxylation is 1. The Balaban J connectivity index is 2.05. The number of alkyl halides is 2. The van der Waals surface area contributed by atoms with Gasteiger partial charge in [-0.05, 0) is 40.1 Å². The maximum atomic E-state index is 12.9. The van der Waals surface area contributed by atoms with Crippen molar-refractivity contribution in [3.63, 3.8) is 0 Å². The normalized spacial score (nSPS) is 19.8. The van der Waals surface area contributed by atoms with E-state index in [4.69, 9.17) is 4.74 Å². The van der Waals surface area contributed by atoms with Crippen LogP contribution in [0.2, 0.25) is 0 Å². The third kappa shape index (κ3) is 3.66. The van der Waals surface area contributed by atoms with Gasteiger partial charge < -0.3 is 9.64 Å². The Morgan fingerprint density at radius 1 is 1.40 bits per heavy atom. The molecule has 1 aliphatic carbocycles. The van der Waals surface area contributed by atoms with Crippen molar-refractivity contribution in [1.82, 2.24) is 9.88 Å². The van der Waals surface area contributed by atoms with Crippen molar-refractivity contribution < 1.29 is 13.5 Å². The second kappa shape index (κ2) is 5.64. The van der Waals surface area contributed by atoms with Crippen molar-refractivity contribution in [3.8, 4) is 5.75 Å². The summed E-state index contributed by atoms with van der Waals surface area (Å²) in [5.74, 6) is -1.87. The standard InChI is InChI=1S/C15H22F2N2O/c1-10-5-6-14(13(18-10)9-19(3)4)20-11(2)12-7-15(16,17)8-12/h5-6,11-12H,7-9H2,1-4H3/t11-/m1/s1.